The summed E-state index contributed by atoms with van der Waals surface area (Å²) in [4.78, 5) is 33.3. The van der Waals surface area contributed by atoms with Gasteiger partial charge in [-0.15, -0.1) is 0 Å². The number of nitrogens with zero attached hydrogens (tertiary/aromatic N) is 4. The Kier molecular flexibility index (Phi) is 6.08. The van der Waals surface area contributed by atoms with Crippen LogP contribution in [0.2, 0.25) is 0 Å². The van der Waals surface area contributed by atoms with Crippen molar-refractivity contribution in [2.24, 2.45) is 0 Å². The van der Waals surface area contributed by atoms with E-state index in [0.717, 1.165) is 42.6 Å². The summed E-state index contributed by atoms with van der Waals surface area (Å²) in [5.74, 6) is -0.480. The molecule has 2 aliphatic heterocycles. The summed E-state index contributed by atoms with van der Waals surface area (Å²) in [7, 11) is 2.10. The molecule has 0 aliphatic carbocycles. The molecule has 6 rings (SSSR count). The van der Waals surface area contributed by atoms with Crippen molar-refractivity contribution in [3.63, 3.8) is 0 Å². The number of hydrogen-bond acceptors (Lipinski definition) is 5. The number of fused-ring (bicyclic) bond motifs is 3. The number of carbonyl (C=O) groups excluding carboxylic acids is 1. The molecule has 2 aromatic carbocycles. The number of likely N-dealkylation sites (tertiary alicyclic amines) is 2. The molecule has 0 spiro atoms. The first-order chi connectivity index (χ1) is 17.9. The van der Waals surface area contributed by atoms with E-state index < -0.39 is 11.9 Å². The van der Waals surface area contributed by atoms with Crippen LogP contribution < -0.4 is 5.32 Å². The number of piperidine rings is 1. The maximum Gasteiger partial charge on any atom is 0.407 e. The molecule has 192 valence electrons. The molecule has 2 fully saturated rings. The molecule has 0 radical (unpaired) electrons. The van der Waals surface area contributed by atoms with Gasteiger partial charge in [0.05, 0.1) is 22.0 Å². The summed E-state index contributed by atoms with van der Waals surface area (Å²) in [6.45, 7) is 2.44. The predicted octanol–water partition coefficient (Wildman–Crippen LogP) is 4.99. The zero-order chi connectivity index (χ0) is 25.7. The number of carbonyl (C=O) groups is 2. The first-order valence-corrected chi connectivity index (χ1v) is 13.4. The SMILES string of the molecule is CN1CCC(NC(=O)c2ccc3c(c2)sc2nc(-c4ccc([C@@H]5CCCN5C(=O)O)cc4F)cn23)CC1. The molecule has 4 aromatic rings. The Hall–Kier alpha value is -3.50. The van der Waals surface area contributed by atoms with Crippen LogP contribution in [0.15, 0.2) is 42.6 Å². The monoisotopic (exact) mass is 521 g/mol. The standard InChI is InChI=1S/C27H28FN5O3S/c1-31-11-8-18(9-12-31)29-25(34)17-5-7-23-24(14-17)37-26-30-21(15-33(23)26)19-6-4-16(13-20(19)28)22-3-2-10-32(22)27(35)36/h4-7,13-15,18,22H,2-3,8-12H2,1H3,(H,29,34)(H,35,36)/t22-/m0/s1. The third kappa shape index (κ3) is 4.44. The molecule has 10 heteroatoms. The van der Waals surface area contributed by atoms with Crippen molar-refractivity contribution >= 4 is 38.5 Å². The number of benzene rings is 2. The molecule has 0 saturated carbocycles. The van der Waals surface area contributed by atoms with Gasteiger partial charge in [0.25, 0.3) is 5.91 Å². The Morgan fingerprint density at radius 1 is 1.11 bits per heavy atom. The van der Waals surface area contributed by atoms with E-state index in [1.807, 2.05) is 28.8 Å². The van der Waals surface area contributed by atoms with Crippen LogP contribution in [-0.2, 0) is 0 Å². The Bertz CT molecular complexity index is 1510. The van der Waals surface area contributed by atoms with E-state index in [4.69, 9.17) is 0 Å². The van der Waals surface area contributed by atoms with Crippen LogP contribution in [0, 0.1) is 5.82 Å². The van der Waals surface area contributed by atoms with Crippen LogP contribution in [0.25, 0.3) is 26.4 Å². The molecule has 8 nitrogen and oxygen atoms in total. The van der Waals surface area contributed by atoms with E-state index in [1.54, 1.807) is 12.1 Å². The molecular formula is C27H28FN5O3S. The third-order valence-electron chi connectivity index (χ3n) is 7.56. The first-order valence-electron chi connectivity index (χ1n) is 12.6. The molecular weight excluding hydrogens is 493 g/mol. The van der Waals surface area contributed by atoms with Crippen molar-refractivity contribution < 1.29 is 19.1 Å². The smallest absolute Gasteiger partial charge is 0.407 e. The third-order valence-corrected chi connectivity index (χ3v) is 8.58. The van der Waals surface area contributed by atoms with Crippen LogP contribution in [-0.4, -0.2) is 69.0 Å². The number of hydrogen-bond donors (Lipinski definition) is 2. The zero-order valence-electron chi connectivity index (χ0n) is 20.5. The minimum Gasteiger partial charge on any atom is -0.465 e. The topological polar surface area (TPSA) is 90.2 Å². The molecule has 2 N–H and O–H groups in total. The number of nitrogens with one attached hydrogen (secondary N) is 1. The lowest BCUT2D eigenvalue weighted by atomic mass is 10.0. The quantitative estimate of drug-likeness (QED) is 0.395. The van der Waals surface area contributed by atoms with E-state index in [1.165, 1.54) is 22.3 Å². The lowest BCUT2D eigenvalue weighted by Gasteiger charge is -2.29. The fourth-order valence-corrected chi connectivity index (χ4v) is 6.53. The van der Waals surface area contributed by atoms with Gasteiger partial charge in [-0.3, -0.25) is 9.20 Å². The van der Waals surface area contributed by atoms with Gasteiger partial charge in [0.1, 0.15) is 5.82 Å². The second-order valence-corrected chi connectivity index (χ2v) is 11.0. The Morgan fingerprint density at radius 3 is 2.68 bits per heavy atom. The van der Waals surface area contributed by atoms with E-state index in [9.17, 15) is 14.7 Å². The highest BCUT2D eigenvalue weighted by molar-refractivity contribution is 7.23. The van der Waals surface area contributed by atoms with Crippen molar-refractivity contribution in [3.8, 4) is 11.3 Å². The highest BCUT2D eigenvalue weighted by Gasteiger charge is 2.30. The van der Waals surface area contributed by atoms with Gasteiger partial charge < -0.3 is 20.2 Å². The number of carboxylic acid groups (broad SMARTS) is 1. The van der Waals surface area contributed by atoms with E-state index in [0.29, 0.717) is 40.3 Å². The molecule has 0 unspecified atom stereocenters. The first kappa shape index (κ1) is 23.9. The number of amides is 2. The van der Waals surface area contributed by atoms with Crippen molar-refractivity contribution in [1.82, 2.24) is 24.5 Å². The second-order valence-electron chi connectivity index (χ2n) is 9.99. The summed E-state index contributed by atoms with van der Waals surface area (Å²) in [6, 6.07) is 10.4. The van der Waals surface area contributed by atoms with Crippen molar-refractivity contribution in [2.45, 2.75) is 37.8 Å². The number of halogens is 1. The number of rotatable bonds is 4. The van der Waals surface area contributed by atoms with E-state index >= 15 is 4.39 Å². The normalized spacial score (nSPS) is 19.2. The molecule has 2 saturated heterocycles. The van der Waals surface area contributed by atoms with Gasteiger partial charge in [-0.1, -0.05) is 17.4 Å². The average molecular weight is 522 g/mol. The fourth-order valence-electron chi connectivity index (χ4n) is 5.48. The number of aromatic nitrogens is 2. The predicted molar refractivity (Wildman–Crippen MR) is 141 cm³/mol. The molecule has 1 atom stereocenters. The Labute approximate surface area is 217 Å². The number of thiazole rings is 1. The molecule has 2 aromatic heterocycles. The summed E-state index contributed by atoms with van der Waals surface area (Å²) < 4.78 is 18.0. The molecule has 2 amide bonds. The number of imidazole rings is 1. The van der Waals surface area contributed by atoms with Crippen LogP contribution in [0.4, 0.5) is 9.18 Å². The van der Waals surface area contributed by atoms with Crippen molar-refractivity contribution in [2.75, 3.05) is 26.7 Å². The van der Waals surface area contributed by atoms with E-state index in [-0.39, 0.29) is 18.0 Å². The lowest BCUT2D eigenvalue weighted by molar-refractivity contribution is 0.0917. The molecule has 0 bridgehead atoms. The lowest BCUT2D eigenvalue weighted by Crippen LogP contribution is -2.43. The van der Waals surface area contributed by atoms with Crippen LogP contribution in [0.1, 0.15) is 47.6 Å². The summed E-state index contributed by atoms with van der Waals surface area (Å²) in [6.07, 6.45) is 4.20. The van der Waals surface area contributed by atoms with Gasteiger partial charge in [0.2, 0.25) is 0 Å². The average Bonchev–Trinajstić information content (AvgIpc) is 3.60. The van der Waals surface area contributed by atoms with Gasteiger partial charge in [-0.2, -0.15) is 0 Å². The van der Waals surface area contributed by atoms with Crippen LogP contribution >= 0.6 is 11.3 Å². The van der Waals surface area contributed by atoms with Crippen molar-refractivity contribution in [1.29, 1.82) is 0 Å². The van der Waals surface area contributed by atoms with E-state index in [2.05, 4.69) is 22.2 Å². The summed E-state index contributed by atoms with van der Waals surface area (Å²) in [5, 5.41) is 12.6. The molecule has 2 aliphatic rings. The van der Waals surface area contributed by atoms with Crippen LogP contribution in [0.5, 0.6) is 0 Å². The highest BCUT2D eigenvalue weighted by atomic mass is 32.1. The van der Waals surface area contributed by atoms with Gasteiger partial charge in [0, 0.05) is 29.9 Å². The zero-order valence-corrected chi connectivity index (χ0v) is 21.3. The maximum absolute atomic E-state index is 15.2. The van der Waals surface area contributed by atoms with Gasteiger partial charge >= 0.3 is 6.09 Å². The fraction of sp³-hybridized carbons (Fsp3) is 0.370. The largest absolute Gasteiger partial charge is 0.465 e. The second kappa shape index (κ2) is 9.42. The maximum atomic E-state index is 15.2. The highest BCUT2D eigenvalue weighted by Crippen LogP contribution is 2.35. The van der Waals surface area contributed by atoms with Gasteiger partial charge in [-0.25, -0.2) is 14.2 Å². The molecule has 37 heavy (non-hydrogen) atoms. The minimum absolute atomic E-state index is 0.0610. The van der Waals surface area contributed by atoms with Crippen molar-refractivity contribution in [3.05, 3.63) is 59.5 Å². The van der Waals surface area contributed by atoms with Gasteiger partial charge in [0.15, 0.2) is 4.96 Å². The summed E-state index contributed by atoms with van der Waals surface area (Å²) in [5.41, 5.74) is 3.10. The van der Waals surface area contributed by atoms with Crippen LogP contribution in [0.3, 0.4) is 0 Å². The Morgan fingerprint density at radius 2 is 1.92 bits per heavy atom. The van der Waals surface area contributed by atoms with Gasteiger partial charge in [-0.05, 0) is 81.7 Å². The molecule has 4 heterocycles. The summed E-state index contributed by atoms with van der Waals surface area (Å²) >= 11 is 1.46. The Balaban J connectivity index is 1.24. The minimum atomic E-state index is -0.976.